The zero-order valence-electron chi connectivity index (χ0n) is 16.1. The van der Waals surface area contributed by atoms with E-state index in [1.807, 2.05) is 91.0 Å². The van der Waals surface area contributed by atoms with Crippen molar-refractivity contribution in [3.8, 4) is 0 Å². The molecule has 0 spiro atoms. The molecule has 4 heteroatoms. The lowest BCUT2D eigenvalue weighted by molar-refractivity contribution is -0.113. The molecule has 4 aromatic carbocycles. The molecule has 1 heterocycles. The molecule has 0 radical (unpaired) electrons. The fourth-order valence-corrected chi connectivity index (χ4v) is 4.48. The molecule has 30 heavy (non-hydrogen) atoms. The third-order valence-electron chi connectivity index (χ3n) is 4.91. The lowest BCUT2D eigenvalue weighted by atomic mass is 10.0. The number of amides is 1. The van der Waals surface area contributed by atoms with E-state index in [1.165, 1.54) is 11.8 Å². The summed E-state index contributed by atoms with van der Waals surface area (Å²) in [5.74, 6) is -0.0613. The number of carbonyl (C=O) groups excluding carboxylic acids is 1. The summed E-state index contributed by atoms with van der Waals surface area (Å²) in [7, 11) is 0. The minimum atomic E-state index is -0.0613. The summed E-state index contributed by atoms with van der Waals surface area (Å²) in [4.78, 5) is 20.5. The monoisotopic (exact) mass is 406 g/mol. The van der Waals surface area contributed by atoms with E-state index in [0.29, 0.717) is 10.1 Å². The zero-order chi connectivity index (χ0) is 20.3. The van der Waals surface area contributed by atoms with Gasteiger partial charge in [0.2, 0.25) is 0 Å². The normalized spacial score (nSPS) is 16.7. The van der Waals surface area contributed by atoms with Crippen molar-refractivity contribution in [2.45, 2.75) is 0 Å². The van der Waals surface area contributed by atoms with Crippen LogP contribution in [0, 0.1) is 0 Å². The van der Waals surface area contributed by atoms with Crippen LogP contribution in [-0.4, -0.2) is 11.1 Å². The second-order valence-corrected chi connectivity index (χ2v) is 7.89. The van der Waals surface area contributed by atoms with E-state index in [4.69, 9.17) is 4.99 Å². The van der Waals surface area contributed by atoms with E-state index >= 15 is 0 Å². The predicted octanol–water partition coefficient (Wildman–Crippen LogP) is 6.65. The molecule has 1 aliphatic rings. The van der Waals surface area contributed by atoms with Crippen LogP contribution in [0.1, 0.15) is 5.56 Å². The first-order valence-corrected chi connectivity index (χ1v) is 10.5. The number of para-hydroxylation sites is 2. The molecule has 5 rings (SSSR count). The maximum Gasteiger partial charge on any atom is 0.271 e. The third kappa shape index (κ3) is 3.53. The number of amidine groups is 1. The Morgan fingerprint density at radius 2 is 1.40 bits per heavy atom. The fourth-order valence-electron chi connectivity index (χ4n) is 3.48. The fraction of sp³-hybridized carbons (Fsp3) is 0. The summed E-state index contributed by atoms with van der Waals surface area (Å²) < 4.78 is 0. The van der Waals surface area contributed by atoms with Gasteiger partial charge in [-0.15, -0.1) is 0 Å². The molecule has 144 valence electrons. The Bertz CT molecular complexity index is 1270. The molecule has 0 unspecified atom stereocenters. The summed E-state index contributed by atoms with van der Waals surface area (Å²) >= 11 is 1.41. The Balaban J connectivity index is 1.61. The molecular formula is C26H18N2OS. The van der Waals surface area contributed by atoms with Gasteiger partial charge in [-0.05, 0) is 58.4 Å². The number of nitrogens with zero attached hydrogens (tertiary/aromatic N) is 2. The van der Waals surface area contributed by atoms with Crippen molar-refractivity contribution in [3.63, 3.8) is 0 Å². The van der Waals surface area contributed by atoms with Crippen LogP contribution in [0.25, 0.3) is 16.8 Å². The van der Waals surface area contributed by atoms with Gasteiger partial charge in [-0.25, -0.2) is 4.99 Å². The minimum absolute atomic E-state index is 0.0613. The molecule has 0 saturated carbocycles. The molecule has 0 aromatic heterocycles. The maximum atomic E-state index is 13.4. The molecule has 4 aromatic rings. The minimum Gasteiger partial charge on any atom is -0.268 e. The Morgan fingerprint density at radius 3 is 2.20 bits per heavy atom. The van der Waals surface area contributed by atoms with Gasteiger partial charge in [-0.2, -0.15) is 0 Å². The second kappa shape index (κ2) is 8.01. The summed E-state index contributed by atoms with van der Waals surface area (Å²) in [5.41, 5.74) is 2.66. The van der Waals surface area contributed by atoms with Crippen molar-refractivity contribution in [3.05, 3.63) is 114 Å². The summed E-state index contributed by atoms with van der Waals surface area (Å²) in [6.07, 6.45) is 1.97. The van der Waals surface area contributed by atoms with Crippen molar-refractivity contribution in [2.24, 2.45) is 4.99 Å². The number of thioether (sulfide) groups is 1. The van der Waals surface area contributed by atoms with Gasteiger partial charge in [0.25, 0.3) is 5.91 Å². The van der Waals surface area contributed by atoms with Crippen molar-refractivity contribution < 1.29 is 4.79 Å². The average molecular weight is 407 g/mol. The van der Waals surface area contributed by atoms with Gasteiger partial charge in [0, 0.05) is 0 Å². The smallest absolute Gasteiger partial charge is 0.268 e. The van der Waals surface area contributed by atoms with Gasteiger partial charge in [-0.1, -0.05) is 78.9 Å². The molecular weight excluding hydrogens is 388 g/mol. The number of fused-ring (bicyclic) bond motifs is 1. The molecule has 0 bridgehead atoms. The Hall–Kier alpha value is -3.63. The lowest BCUT2D eigenvalue weighted by Crippen LogP contribution is -2.28. The van der Waals surface area contributed by atoms with Crippen LogP contribution in [0.5, 0.6) is 0 Å². The van der Waals surface area contributed by atoms with Crippen molar-refractivity contribution in [2.75, 3.05) is 4.90 Å². The van der Waals surface area contributed by atoms with Gasteiger partial charge in [0.05, 0.1) is 16.3 Å². The highest BCUT2D eigenvalue weighted by atomic mass is 32.2. The molecule has 1 fully saturated rings. The second-order valence-electron chi connectivity index (χ2n) is 6.89. The van der Waals surface area contributed by atoms with E-state index in [1.54, 1.807) is 4.90 Å². The van der Waals surface area contributed by atoms with Crippen molar-refractivity contribution in [1.82, 2.24) is 0 Å². The predicted molar refractivity (Wildman–Crippen MR) is 127 cm³/mol. The Kier molecular flexibility index (Phi) is 4.91. The molecule has 1 aliphatic heterocycles. The first-order chi connectivity index (χ1) is 14.8. The number of aliphatic imine (C=N–C) groups is 1. The molecule has 0 atom stereocenters. The summed E-state index contributed by atoms with van der Waals surface area (Å²) in [5, 5.41) is 2.94. The SMILES string of the molecule is O=C1/C(=C\c2cccc3ccccc23)SC(=Nc2ccccc2)N1c1ccccc1. The van der Waals surface area contributed by atoms with Crippen LogP contribution in [-0.2, 0) is 4.79 Å². The molecule has 0 N–H and O–H groups in total. The van der Waals surface area contributed by atoms with Crippen LogP contribution >= 0.6 is 11.8 Å². The Morgan fingerprint density at radius 1 is 0.733 bits per heavy atom. The van der Waals surface area contributed by atoms with Crippen LogP contribution in [0.2, 0.25) is 0 Å². The highest BCUT2D eigenvalue weighted by Gasteiger charge is 2.34. The van der Waals surface area contributed by atoms with Gasteiger partial charge >= 0.3 is 0 Å². The van der Waals surface area contributed by atoms with Gasteiger partial charge in [0.1, 0.15) is 0 Å². The van der Waals surface area contributed by atoms with E-state index in [9.17, 15) is 4.79 Å². The van der Waals surface area contributed by atoms with Gasteiger partial charge in [-0.3, -0.25) is 9.69 Å². The van der Waals surface area contributed by atoms with E-state index < -0.39 is 0 Å². The average Bonchev–Trinajstić information content (AvgIpc) is 3.10. The molecule has 1 amide bonds. The van der Waals surface area contributed by atoms with Crippen molar-refractivity contribution in [1.29, 1.82) is 0 Å². The lowest BCUT2D eigenvalue weighted by Gasteiger charge is -2.15. The van der Waals surface area contributed by atoms with Crippen LogP contribution in [0.15, 0.2) is 113 Å². The van der Waals surface area contributed by atoms with E-state index in [-0.39, 0.29) is 5.91 Å². The van der Waals surface area contributed by atoms with Gasteiger partial charge < -0.3 is 0 Å². The molecule has 3 nitrogen and oxygen atoms in total. The topological polar surface area (TPSA) is 32.7 Å². The molecule has 0 aliphatic carbocycles. The van der Waals surface area contributed by atoms with E-state index in [2.05, 4.69) is 18.2 Å². The van der Waals surface area contributed by atoms with Crippen LogP contribution in [0.3, 0.4) is 0 Å². The molecule has 1 saturated heterocycles. The standard InChI is InChI=1S/C26H18N2OS/c29-25-24(18-20-12-9-11-19-10-7-8-17-23(19)20)30-26(27-21-13-3-1-4-14-21)28(25)22-15-5-2-6-16-22/h1-18H/b24-18+,27-26?. The maximum absolute atomic E-state index is 13.4. The summed E-state index contributed by atoms with van der Waals surface area (Å²) in [6, 6.07) is 33.7. The van der Waals surface area contributed by atoms with Crippen LogP contribution < -0.4 is 4.90 Å². The number of benzene rings is 4. The first kappa shape index (κ1) is 18.4. The largest absolute Gasteiger partial charge is 0.271 e. The number of anilines is 1. The third-order valence-corrected chi connectivity index (χ3v) is 5.88. The van der Waals surface area contributed by atoms with Gasteiger partial charge in [0.15, 0.2) is 5.17 Å². The number of rotatable bonds is 3. The quantitative estimate of drug-likeness (QED) is 0.357. The first-order valence-electron chi connectivity index (χ1n) is 9.70. The van der Waals surface area contributed by atoms with Crippen molar-refractivity contribution >= 4 is 51.1 Å². The summed E-state index contributed by atoms with van der Waals surface area (Å²) in [6.45, 7) is 0. The highest BCUT2D eigenvalue weighted by Crippen LogP contribution is 2.37. The van der Waals surface area contributed by atoms with E-state index in [0.717, 1.165) is 27.7 Å². The highest BCUT2D eigenvalue weighted by molar-refractivity contribution is 8.19. The Labute approximate surface area is 179 Å². The zero-order valence-corrected chi connectivity index (χ0v) is 16.9. The number of hydrogen-bond acceptors (Lipinski definition) is 3. The number of hydrogen-bond donors (Lipinski definition) is 0. The number of carbonyl (C=O) groups is 1. The van der Waals surface area contributed by atoms with Crippen LogP contribution in [0.4, 0.5) is 11.4 Å².